The van der Waals surface area contributed by atoms with Crippen molar-refractivity contribution in [2.24, 2.45) is 5.92 Å². The van der Waals surface area contributed by atoms with Crippen LogP contribution < -0.4 is 0 Å². The van der Waals surface area contributed by atoms with Crippen LogP contribution in [0.5, 0.6) is 0 Å². The van der Waals surface area contributed by atoms with E-state index in [1.165, 1.54) is 0 Å². The van der Waals surface area contributed by atoms with Gasteiger partial charge in [0.1, 0.15) is 0 Å². The molecule has 0 N–H and O–H groups in total. The van der Waals surface area contributed by atoms with Gasteiger partial charge in [-0.3, -0.25) is 0 Å². The molecule has 0 amide bonds. The predicted molar refractivity (Wildman–Crippen MR) is 96.4 cm³/mol. The van der Waals surface area contributed by atoms with Gasteiger partial charge in [0.25, 0.3) is 5.95 Å². The second kappa shape index (κ2) is 6.83. The van der Waals surface area contributed by atoms with Gasteiger partial charge >= 0.3 is 0 Å². The van der Waals surface area contributed by atoms with Crippen molar-refractivity contribution >= 4 is 0 Å². The molecule has 6 nitrogen and oxygen atoms in total. The predicted octanol–water partition coefficient (Wildman–Crippen LogP) is 3.83. The van der Waals surface area contributed by atoms with Crippen LogP contribution in [-0.4, -0.2) is 35.5 Å². The van der Waals surface area contributed by atoms with Crippen LogP contribution in [0.4, 0.5) is 8.78 Å². The first-order chi connectivity index (χ1) is 12.9. The fourth-order valence-electron chi connectivity index (χ4n) is 3.62. The molecule has 8 heteroatoms. The fourth-order valence-corrected chi connectivity index (χ4v) is 3.62. The van der Waals surface area contributed by atoms with E-state index in [9.17, 15) is 8.78 Å². The summed E-state index contributed by atoms with van der Waals surface area (Å²) in [6.07, 6.45) is 5.11. The molecule has 1 fully saturated rings. The van der Waals surface area contributed by atoms with Crippen LogP contribution >= 0.6 is 0 Å². The molecule has 0 atom stereocenters. The van der Waals surface area contributed by atoms with E-state index in [2.05, 4.69) is 20.2 Å². The molecule has 1 aliphatic carbocycles. The zero-order chi connectivity index (χ0) is 19.0. The minimum Gasteiger partial charge on any atom is -0.222 e. The average Bonchev–Trinajstić information content (AvgIpc) is 3.26. The van der Waals surface area contributed by atoms with Crippen LogP contribution in [0.25, 0.3) is 11.8 Å². The van der Waals surface area contributed by atoms with Crippen molar-refractivity contribution in [1.29, 1.82) is 0 Å². The largest absolute Gasteiger partial charge is 0.253 e. The zero-order valence-corrected chi connectivity index (χ0v) is 15.4. The number of halogens is 2. The number of alkyl halides is 2. The van der Waals surface area contributed by atoms with Crippen LogP contribution in [0.15, 0.2) is 30.6 Å². The van der Waals surface area contributed by atoms with Gasteiger partial charge in [-0.05, 0) is 51.2 Å². The van der Waals surface area contributed by atoms with E-state index in [-0.39, 0.29) is 18.8 Å². The van der Waals surface area contributed by atoms with Gasteiger partial charge in [-0.2, -0.15) is 15.2 Å². The van der Waals surface area contributed by atoms with Gasteiger partial charge in [0.2, 0.25) is 5.92 Å². The first kappa shape index (κ1) is 17.8. The Labute approximate surface area is 156 Å². The maximum Gasteiger partial charge on any atom is 0.253 e. The number of nitrogens with zero attached hydrogens (tertiary/aromatic N) is 6. The molecule has 0 saturated heterocycles. The van der Waals surface area contributed by atoms with Gasteiger partial charge in [0, 0.05) is 42.7 Å². The van der Waals surface area contributed by atoms with Crippen molar-refractivity contribution < 1.29 is 8.78 Å². The van der Waals surface area contributed by atoms with Crippen molar-refractivity contribution in [3.05, 3.63) is 47.7 Å². The van der Waals surface area contributed by atoms with Crippen LogP contribution in [0.1, 0.15) is 42.8 Å². The molecular weight excluding hydrogens is 350 g/mol. The number of aryl methyl sites for hydroxylation is 2. The monoisotopic (exact) mass is 372 g/mol. The zero-order valence-electron chi connectivity index (χ0n) is 15.4. The Morgan fingerprint density at radius 2 is 1.93 bits per heavy atom. The molecule has 0 aromatic carbocycles. The van der Waals surface area contributed by atoms with E-state index in [0.717, 1.165) is 17.1 Å². The average molecular weight is 372 g/mol. The highest BCUT2D eigenvalue weighted by Crippen LogP contribution is 2.37. The summed E-state index contributed by atoms with van der Waals surface area (Å²) in [5.74, 6) is -1.19. The molecule has 3 heterocycles. The molecule has 1 aliphatic rings. The second-order valence-corrected chi connectivity index (χ2v) is 7.31. The Hall–Kier alpha value is -2.64. The van der Waals surface area contributed by atoms with Crippen LogP contribution in [0.3, 0.4) is 0 Å². The third-order valence-electron chi connectivity index (χ3n) is 5.03. The lowest BCUT2D eigenvalue weighted by atomic mass is 9.84. The van der Waals surface area contributed by atoms with Crippen molar-refractivity contribution in [1.82, 2.24) is 29.5 Å². The third-order valence-corrected chi connectivity index (χ3v) is 5.03. The Bertz CT molecular complexity index is 922. The van der Waals surface area contributed by atoms with E-state index in [1.807, 2.05) is 38.2 Å². The van der Waals surface area contributed by atoms with Gasteiger partial charge in [0.05, 0.1) is 5.69 Å². The summed E-state index contributed by atoms with van der Waals surface area (Å²) in [4.78, 5) is 9.29. The van der Waals surface area contributed by atoms with Gasteiger partial charge in [-0.15, -0.1) is 0 Å². The van der Waals surface area contributed by atoms with E-state index in [1.54, 1.807) is 15.6 Å². The first-order valence-electron chi connectivity index (χ1n) is 9.19. The molecule has 0 unspecified atom stereocenters. The first-order valence-corrected chi connectivity index (χ1v) is 9.19. The Morgan fingerprint density at radius 3 is 2.56 bits per heavy atom. The van der Waals surface area contributed by atoms with Crippen molar-refractivity contribution in [3.8, 4) is 11.8 Å². The van der Waals surface area contributed by atoms with E-state index in [0.29, 0.717) is 31.0 Å². The molecule has 0 spiro atoms. The van der Waals surface area contributed by atoms with Crippen molar-refractivity contribution in [2.75, 3.05) is 0 Å². The summed E-state index contributed by atoms with van der Waals surface area (Å²) < 4.78 is 30.3. The summed E-state index contributed by atoms with van der Waals surface area (Å²) in [5, 5.41) is 8.73. The van der Waals surface area contributed by atoms with E-state index >= 15 is 0 Å². The number of hydrogen-bond acceptors (Lipinski definition) is 4. The molecule has 3 aromatic heterocycles. The molecule has 1 saturated carbocycles. The standard InChI is InChI=1S/C19H22F2N6/c1-13-10-14(2)27(25-13)18-23-16(11-15-4-6-19(20,21)7-5-15)12-17(24-18)26-9-3-8-22-26/h3,8-10,12,15H,4-7,11H2,1-2H3. The van der Waals surface area contributed by atoms with Crippen molar-refractivity contribution in [2.45, 2.75) is 51.9 Å². The molecular formula is C19H22F2N6. The number of hydrogen-bond donors (Lipinski definition) is 0. The second-order valence-electron chi connectivity index (χ2n) is 7.31. The van der Waals surface area contributed by atoms with Gasteiger partial charge in [-0.1, -0.05) is 0 Å². The third kappa shape index (κ3) is 3.89. The van der Waals surface area contributed by atoms with Gasteiger partial charge in [-0.25, -0.2) is 23.1 Å². The topological polar surface area (TPSA) is 61.4 Å². The Balaban J connectivity index is 1.67. The molecule has 0 bridgehead atoms. The number of rotatable bonds is 4. The summed E-state index contributed by atoms with van der Waals surface area (Å²) in [6, 6.07) is 5.68. The van der Waals surface area contributed by atoms with Crippen molar-refractivity contribution in [3.63, 3.8) is 0 Å². The van der Waals surface area contributed by atoms with Crippen LogP contribution in [-0.2, 0) is 6.42 Å². The quantitative estimate of drug-likeness (QED) is 0.698. The molecule has 142 valence electrons. The summed E-state index contributed by atoms with van der Waals surface area (Å²) in [6.45, 7) is 3.87. The molecule has 0 radical (unpaired) electrons. The highest BCUT2D eigenvalue weighted by atomic mass is 19.3. The summed E-state index contributed by atoms with van der Waals surface area (Å²) in [5.41, 5.74) is 2.65. The smallest absolute Gasteiger partial charge is 0.222 e. The van der Waals surface area contributed by atoms with Crippen LogP contribution in [0.2, 0.25) is 0 Å². The SMILES string of the molecule is Cc1cc(C)n(-c2nc(CC3CCC(F)(F)CC3)cc(-n3cccn3)n2)n1. The fraction of sp³-hybridized carbons (Fsp3) is 0.474. The van der Waals surface area contributed by atoms with E-state index < -0.39 is 5.92 Å². The Kier molecular flexibility index (Phi) is 4.49. The van der Waals surface area contributed by atoms with Gasteiger partial charge < -0.3 is 0 Å². The minimum atomic E-state index is -2.52. The van der Waals surface area contributed by atoms with Crippen LogP contribution in [0, 0.1) is 19.8 Å². The number of aromatic nitrogens is 6. The lowest BCUT2D eigenvalue weighted by molar-refractivity contribution is -0.0457. The maximum absolute atomic E-state index is 13.4. The molecule has 27 heavy (non-hydrogen) atoms. The highest BCUT2D eigenvalue weighted by Gasteiger charge is 2.35. The minimum absolute atomic E-state index is 0.0426. The lowest BCUT2D eigenvalue weighted by Gasteiger charge is -2.28. The maximum atomic E-state index is 13.4. The molecule has 3 aromatic rings. The molecule has 0 aliphatic heterocycles. The lowest BCUT2D eigenvalue weighted by Crippen LogP contribution is -2.26. The molecule has 4 rings (SSSR count). The highest BCUT2D eigenvalue weighted by molar-refractivity contribution is 5.30. The van der Waals surface area contributed by atoms with E-state index in [4.69, 9.17) is 0 Å². The summed E-state index contributed by atoms with van der Waals surface area (Å²) in [7, 11) is 0. The summed E-state index contributed by atoms with van der Waals surface area (Å²) >= 11 is 0. The van der Waals surface area contributed by atoms with Gasteiger partial charge in [0.15, 0.2) is 5.82 Å². The Morgan fingerprint density at radius 1 is 1.15 bits per heavy atom. The normalized spacial score (nSPS) is 17.3.